The third-order valence-corrected chi connectivity index (χ3v) is 4.23. The lowest BCUT2D eigenvalue weighted by atomic mass is 9.95. The summed E-state index contributed by atoms with van der Waals surface area (Å²) >= 11 is 6.62. The van der Waals surface area contributed by atoms with Crippen LogP contribution >= 0.6 is 11.6 Å². The van der Waals surface area contributed by atoms with Crippen molar-refractivity contribution in [2.75, 3.05) is 0 Å². The van der Waals surface area contributed by atoms with Crippen LogP contribution in [0, 0.1) is 12.7 Å². The Hall–Kier alpha value is -1.86. The van der Waals surface area contributed by atoms with E-state index in [4.69, 9.17) is 11.6 Å². The molecule has 0 spiro atoms. The van der Waals surface area contributed by atoms with Crippen molar-refractivity contribution in [1.29, 1.82) is 0 Å². The topological polar surface area (TPSA) is 0 Å². The number of hydrogen-bond donors (Lipinski definition) is 0. The van der Waals surface area contributed by atoms with Crippen LogP contribution in [0.25, 0.3) is 10.8 Å². The van der Waals surface area contributed by atoms with Gasteiger partial charge in [-0.25, -0.2) is 4.39 Å². The molecule has 0 amide bonds. The smallest absolute Gasteiger partial charge is 0.123 e. The van der Waals surface area contributed by atoms with Gasteiger partial charge in [0.25, 0.3) is 0 Å². The molecule has 3 aromatic carbocycles. The molecule has 21 heavy (non-hydrogen) atoms. The van der Waals surface area contributed by atoms with Crippen LogP contribution in [0.4, 0.5) is 4.39 Å². The minimum Gasteiger partial charge on any atom is -0.207 e. The maximum Gasteiger partial charge on any atom is 0.123 e. The lowest BCUT2D eigenvalue weighted by Gasteiger charge is -2.14. The molecular formula is C19H16ClF. The van der Waals surface area contributed by atoms with E-state index in [1.165, 1.54) is 28.5 Å². The monoisotopic (exact) mass is 298 g/mol. The fraction of sp³-hybridized carbons (Fsp3) is 0.158. The van der Waals surface area contributed by atoms with Crippen molar-refractivity contribution in [3.8, 4) is 0 Å². The molecule has 0 aliphatic carbocycles. The Bertz CT molecular complexity index is 762. The molecule has 0 saturated heterocycles. The summed E-state index contributed by atoms with van der Waals surface area (Å²) in [6.07, 6.45) is 0.689. The van der Waals surface area contributed by atoms with Gasteiger partial charge in [-0.05, 0) is 52.9 Å². The zero-order valence-corrected chi connectivity index (χ0v) is 12.6. The van der Waals surface area contributed by atoms with Crippen molar-refractivity contribution in [3.05, 3.63) is 83.2 Å². The van der Waals surface area contributed by atoms with Gasteiger partial charge in [0.1, 0.15) is 5.82 Å². The molecule has 0 aliphatic rings. The van der Waals surface area contributed by atoms with Crippen molar-refractivity contribution in [1.82, 2.24) is 0 Å². The average Bonchev–Trinajstić information content (AvgIpc) is 2.50. The third-order valence-electron chi connectivity index (χ3n) is 3.84. The minimum absolute atomic E-state index is 0.124. The van der Waals surface area contributed by atoms with E-state index >= 15 is 0 Å². The Morgan fingerprint density at radius 2 is 1.57 bits per heavy atom. The maximum absolute atomic E-state index is 13.0. The van der Waals surface area contributed by atoms with Crippen molar-refractivity contribution in [2.24, 2.45) is 0 Å². The average molecular weight is 299 g/mol. The first-order chi connectivity index (χ1) is 10.1. The molecular weight excluding hydrogens is 283 g/mol. The van der Waals surface area contributed by atoms with E-state index in [2.05, 4.69) is 31.2 Å². The Balaban J connectivity index is 1.96. The second-order valence-electron chi connectivity index (χ2n) is 5.32. The molecule has 2 heteroatoms. The molecule has 106 valence electrons. The highest BCUT2D eigenvalue weighted by Crippen LogP contribution is 2.32. The molecule has 0 saturated carbocycles. The van der Waals surface area contributed by atoms with Crippen molar-refractivity contribution >= 4 is 22.4 Å². The van der Waals surface area contributed by atoms with Crippen LogP contribution in [0.5, 0.6) is 0 Å². The van der Waals surface area contributed by atoms with Crippen molar-refractivity contribution < 1.29 is 4.39 Å². The number of alkyl halides is 1. The summed E-state index contributed by atoms with van der Waals surface area (Å²) < 4.78 is 13.0. The summed E-state index contributed by atoms with van der Waals surface area (Å²) in [4.78, 5) is 0. The van der Waals surface area contributed by atoms with E-state index in [1.54, 1.807) is 12.1 Å². The Labute approximate surface area is 129 Å². The number of fused-ring (bicyclic) bond motifs is 1. The Morgan fingerprint density at radius 1 is 0.905 bits per heavy atom. The maximum atomic E-state index is 13.0. The summed E-state index contributed by atoms with van der Waals surface area (Å²) in [6, 6.07) is 19.1. The molecule has 1 atom stereocenters. The number of rotatable bonds is 3. The summed E-state index contributed by atoms with van der Waals surface area (Å²) in [5.41, 5.74) is 3.42. The van der Waals surface area contributed by atoms with Gasteiger partial charge in [-0.3, -0.25) is 0 Å². The second kappa shape index (κ2) is 5.87. The lowest BCUT2D eigenvalue weighted by Crippen LogP contribution is -1.98. The van der Waals surface area contributed by atoms with Crippen molar-refractivity contribution in [3.63, 3.8) is 0 Å². The molecule has 0 bridgehead atoms. The number of aryl methyl sites for hydroxylation is 1. The molecule has 0 aromatic heterocycles. The van der Waals surface area contributed by atoms with E-state index in [0.29, 0.717) is 6.42 Å². The fourth-order valence-electron chi connectivity index (χ4n) is 2.68. The normalized spacial score (nSPS) is 12.5. The second-order valence-corrected chi connectivity index (χ2v) is 5.84. The van der Waals surface area contributed by atoms with E-state index in [0.717, 1.165) is 11.1 Å². The molecule has 0 aliphatic heterocycles. The van der Waals surface area contributed by atoms with Crippen molar-refractivity contribution in [2.45, 2.75) is 18.7 Å². The third kappa shape index (κ3) is 2.93. The minimum atomic E-state index is -0.217. The van der Waals surface area contributed by atoms with Crippen LogP contribution in [-0.2, 0) is 6.42 Å². The molecule has 3 aromatic rings. The zero-order valence-electron chi connectivity index (χ0n) is 11.8. The molecule has 1 unspecified atom stereocenters. The largest absolute Gasteiger partial charge is 0.207 e. The van der Waals surface area contributed by atoms with Crippen LogP contribution < -0.4 is 0 Å². The predicted molar refractivity (Wildman–Crippen MR) is 87.4 cm³/mol. The van der Waals surface area contributed by atoms with Gasteiger partial charge in [0, 0.05) is 0 Å². The van der Waals surface area contributed by atoms with Crippen LogP contribution in [0.2, 0.25) is 0 Å². The Kier molecular flexibility index (Phi) is 3.94. The van der Waals surface area contributed by atoms with E-state index in [1.807, 2.05) is 12.1 Å². The van der Waals surface area contributed by atoms with Gasteiger partial charge in [0.15, 0.2) is 0 Å². The van der Waals surface area contributed by atoms with E-state index in [9.17, 15) is 4.39 Å². The van der Waals surface area contributed by atoms with Gasteiger partial charge in [0.05, 0.1) is 5.38 Å². The lowest BCUT2D eigenvalue weighted by molar-refractivity contribution is 0.627. The highest BCUT2D eigenvalue weighted by molar-refractivity contribution is 6.22. The first-order valence-corrected chi connectivity index (χ1v) is 7.45. The van der Waals surface area contributed by atoms with Gasteiger partial charge in [-0.2, -0.15) is 0 Å². The van der Waals surface area contributed by atoms with Crippen LogP contribution in [0.15, 0.2) is 60.7 Å². The van der Waals surface area contributed by atoms with Gasteiger partial charge in [-0.1, -0.05) is 48.5 Å². The number of halogens is 2. The summed E-state index contributed by atoms with van der Waals surface area (Å²) in [5, 5.41) is 2.31. The standard InChI is InChI=1S/C19H16ClF/c1-13-6-11-18(17-5-3-2-4-16(13)17)19(20)12-14-7-9-15(21)10-8-14/h2-11,19H,12H2,1H3. The fourth-order valence-corrected chi connectivity index (χ4v) is 3.05. The van der Waals surface area contributed by atoms with Gasteiger partial charge in [-0.15, -0.1) is 11.6 Å². The molecule has 0 N–H and O–H groups in total. The van der Waals surface area contributed by atoms with Crippen LogP contribution in [-0.4, -0.2) is 0 Å². The summed E-state index contributed by atoms with van der Waals surface area (Å²) in [7, 11) is 0. The molecule has 3 rings (SSSR count). The SMILES string of the molecule is Cc1ccc(C(Cl)Cc2ccc(F)cc2)c2ccccc12. The number of hydrogen-bond acceptors (Lipinski definition) is 0. The van der Waals surface area contributed by atoms with Gasteiger partial charge in [0.2, 0.25) is 0 Å². The molecule has 0 nitrogen and oxygen atoms in total. The first kappa shape index (κ1) is 14.1. The van der Waals surface area contributed by atoms with Crippen LogP contribution in [0.3, 0.4) is 0 Å². The highest BCUT2D eigenvalue weighted by atomic mass is 35.5. The van der Waals surface area contributed by atoms with Gasteiger partial charge >= 0.3 is 0 Å². The predicted octanol–water partition coefficient (Wildman–Crippen LogP) is 5.81. The van der Waals surface area contributed by atoms with E-state index < -0.39 is 0 Å². The van der Waals surface area contributed by atoms with Crippen LogP contribution in [0.1, 0.15) is 22.1 Å². The quantitative estimate of drug-likeness (QED) is 0.535. The summed E-state index contributed by atoms with van der Waals surface area (Å²) in [5.74, 6) is -0.217. The molecule has 0 fully saturated rings. The molecule has 0 heterocycles. The first-order valence-electron chi connectivity index (χ1n) is 7.02. The Morgan fingerprint density at radius 3 is 2.29 bits per heavy atom. The van der Waals surface area contributed by atoms with E-state index in [-0.39, 0.29) is 11.2 Å². The highest BCUT2D eigenvalue weighted by Gasteiger charge is 2.13. The summed E-state index contributed by atoms with van der Waals surface area (Å²) in [6.45, 7) is 2.11. The number of benzene rings is 3. The molecule has 0 radical (unpaired) electrons. The van der Waals surface area contributed by atoms with Gasteiger partial charge < -0.3 is 0 Å². The zero-order chi connectivity index (χ0) is 14.8.